The summed E-state index contributed by atoms with van der Waals surface area (Å²) >= 11 is 0. The summed E-state index contributed by atoms with van der Waals surface area (Å²) in [6.07, 6.45) is 0. The quantitative estimate of drug-likeness (QED) is 0.396. The van der Waals surface area contributed by atoms with Crippen molar-refractivity contribution in [1.82, 2.24) is 20.4 Å². The summed E-state index contributed by atoms with van der Waals surface area (Å²) < 4.78 is 0. The zero-order valence-corrected chi connectivity index (χ0v) is 5.79. The molecule has 0 unspecified atom stereocenters. The van der Waals surface area contributed by atoms with Gasteiger partial charge in [0.05, 0.1) is 0 Å². The van der Waals surface area contributed by atoms with Crippen LogP contribution >= 0.6 is 0 Å². The Kier molecular flexibility index (Phi) is 1.63. The van der Waals surface area contributed by atoms with Crippen LogP contribution in [0.2, 0.25) is 0 Å². The smallest absolute Gasteiger partial charge is 0.318 e. The summed E-state index contributed by atoms with van der Waals surface area (Å²) in [4.78, 5) is 22.3. The second-order valence-electron chi connectivity index (χ2n) is 1.81. The third kappa shape index (κ3) is 1.07. The Bertz CT molecular complexity index is 323. The maximum atomic E-state index is 10.9. The highest BCUT2D eigenvalue weighted by Gasteiger charge is 2.12. The molecular formula is C4H7N5O2. The molecule has 1 aromatic heterocycles. The van der Waals surface area contributed by atoms with Crippen LogP contribution in [0, 0.1) is 0 Å². The second-order valence-corrected chi connectivity index (χ2v) is 1.81. The van der Waals surface area contributed by atoms with Crippen LogP contribution in [0.15, 0.2) is 4.79 Å². The van der Waals surface area contributed by atoms with E-state index in [4.69, 9.17) is 5.84 Å². The number of aromatic amines is 1. The summed E-state index contributed by atoms with van der Waals surface area (Å²) in [7, 11) is 1.40. The van der Waals surface area contributed by atoms with Gasteiger partial charge in [-0.1, -0.05) is 0 Å². The van der Waals surface area contributed by atoms with Crippen LogP contribution in [-0.4, -0.2) is 28.1 Å². The van der Waals surface area contributed by atoms with E-state index in [0.717, 1.165) is 0 Å². The van der Waals surface area contributed by atoms with E-state index < -0.39 is 11.5 Å². The molecule has 7 heteroatoms. The molecule has 0 saturated heterocycles. The van der Waals surface area contributed by atoms with Gasteiger partial charge in [0.2, 0.25) is 5.69 Å². The van der Waals surface area contributed by atoms with E-state index in [1.807, 2.05) is 0 Å². The fourth-order valence-corrected chi connectivity index (χ4v) is 0.577. The first kappa shape index (κ1) is 7.32. The van der Waals surface area contributed by atoms with Crippen LogP contribution in [0.4, 0.5) is 0 Å². The van der Waals surface area contributed by atoms with Crippen molar-refractivity contribution in [3.8, 4) is 0 Å². The zero-order valence-electron chi connectivity index (χ0n) is 5.79. The number of carbonyl (C=O) groups excluding carboxylic acids is 1. The summed E-state index contributed by atoms with van der Waals surface area (Å²) in [6, 6.07) is 0. The van der Waals surface area contributed by atoms with Crippen LogP contribution < -0.4 is 16.7 Å². The number of amides is 1. The van der Waals surface area contributed by atoms with Crippen LogP contribution in [0.1, 0.15) is 10.5 Å². The van der Waals surface area contributed by atoms with Gasteiger partial charge in [-0.05, 0) is 0 Å². The number of hydrogen-bond acceptors (Lipinski definition) is 4. The highest BCUT2D eigenvalue weighted by Crippen LogP contribution is 1.78. The van der Waals surface area contributed by atoms with E-state index in [0.29, 0.717) is 4.79 Å². The number of nitrogens with two attached hydrogens (primary N) is 1. The SMILES string of the molecule is CNC(=O)c1n[nH]n(N)c1=O. The van der Waals surface area contributed by atoms with Crippen LogP contribution in [0.3, 0.4) is 0 Å². The lowest BCUT2D eigenvalue weighted by atomic mass is 10.4. The van der Waals surface area contributed by atoms with Crippen molar-refractivity contribution in [2.24, 2.45) is 0 Å². The lowest BCUT2D eigenvalue weighted by molar-refractivity contribution is 0.0957. The van der Waals surface area contributed by atoms with Crippen molar-refractivity contribution < 1.29 is 4.79 Å². The molecule has 0 aliphatic heterocycles. The summed E-state index contributed by atoms with van der Waals surface area (Å²) in [5.74, 6) is 4.48. The van der Waals surface area contributed by atoms with E-state index in [9.17, 15) is 9.59 Å². The fraction of sp³-hybridized carbons (Fsp3) is 0.250. The van der Waals surface area contributed by atoms with Gasteiger partial charge in [0.25, 0.3) is 5.91 Å². The molecule has 0 bridgehead atoms. The van der Waals surface area contributed by atoms with E-state index in [2.05, 4.69) is 15.6 Å². The van der Waals surface area contributed by atoms with Crippen molar-refractivity contribution in [1.29, 1.82) is 0 Å². The first-order valence-electron chi connectivity index (χ1n) is 2.81. The maximum Gasteiger partial charge on any atom is 0.318 e. The monoisotopic (exact) mass is 157 g/mol. The van der Waals surface area contributed by atoms with Crippen LogP contribution in [0.25, 0.3) is 0 Å². The van der Waals surface area contributed by atoms with Crippen molar-refractivity contribution >= 4 is 5.91 Å². The van der Waals surface area contributed by atoms with Gasteiger partial charge in [0.15, 0.2) is 0 Å². The number of nitrogens with one attached hydrogen (secondary N) is 2. The highest BCUT2D eigenvalue weighted by atomic mass is 16.2. The molecule has 0 fully saturated rings. The topological polar surface area (TPSA) is 106 Å². The minimum Gasteiger partial charge on any atom is -0.354 e. The average molecular weight is 157 g/mol. The van der Waals surface area contributed by atoms with Crippen LogP contribution in [-0.2, 0) is 0 Å². The average Bonchev–Trinajstić information content (AvgIpc) is 2.32. The minimum absolute atomic E-state index is 0.241. The second kappa shape index (κ2) is 2.45. The number of rotatable bonds is 1. The Hall–Kier alpha value is -1.79. The molecule has 0 saturated carbocycles. The molecule has 1 heterocycles. The normalized spacial score (nSPS) is 9.55. The van der Waals surface area contributed by atoms with E-state index >= 15 is 0 Å². The number of aromatic nitrogens is 3. The number of carbonyl (C=O) groups is 1. The van der Waals surface area contributed by atoms with Gasteiger partial charge in [-0.25, -0.2) is 0 Å². The van der Waals surface area contributed by atoms with Gasteiger partial charge in [-0.15, -0.1) is 9.89 Å². The Morgan fingerprint density at radius 3 is 2.82 bits per heavy atom. The maximum absolute atomic E-state index is 10.9. The lowest BCUT2D eigenvalue weighted by Crippen LogP contribution is -2.31. The standard InChI is InChI=1S/C4H7N5O2/c1-6-3(10)2-4(11)9(5)8-7-2/h8H,5H2,1H3,(H,6,10). The molecule has 11 heavy (non-hydrogen) atoms. The Balaban J connectivity index is 3.15. The molecule has 0 aliphatic rings. The lowest BCUT2D eigenvalue weighted by Gasteiger charge is -1.88. The highest BCUT2D eigenvalue weighted by molar-refractivity contribution is 5.91. The minimum atomic E-state index is -0.649. The fourth-order valence-electron chi connectivity index (χ4n) is 0.577. The van der Waals surface area contributed by atoms with Crippen molar-refractivity contribution in [2.75, 3.05) is 12.9 Å². The van der Waals surface area contributed by atoms with E-state index in [1.54, 1.807) is 0 Å². The molecule has 0 spiro atoms. The summed E-state index contributed by atoms with van der Waals surface area (Å²) in [6.45, 7) is 0. The molecule has 0 aliphatic carbocycles. The van der Waals surface area contributed by atoms with Gasteiger partial charge in [-0.3, -0.25) is 9.59 Å². The molecule has 0 radical (unpaired) electrons. The number of H-pyrrole nitrogens is 1. The summed E-state index contributed by atoms with van der Waals surface area (Å²) in [5, 5.41) is 7.74. The summed E-state index contributed by atoms with van der Waals surface area (Å²) in [5.41, 5.74) is -0.889. The number of nitrogen functional groups attached to an aromatic ring is 1. The van der Waals surface area contributed by atoms with Gasteiger partial charge < -0.3 is 11.2 Å². The first-order valence-corrected chi connectivity index (χ1v) is 2.81. The molecule has 7 nitrogen and oxygen atoms in total. The predicted octanol–water partition coefficient (Wildman–Crippen LogP) is -2.36. The largest absolute Gasteiger partial charge is 0.354 e. The molecule has 1 aromatic rings. The molecule has 4 N–H and O–H groups in total. The molecular weight excluding hydrogens is 150 g/mol. The van der Waals surface area contributed by atoms with Crippen molar-refractivity contribution in [3.05, 3.63) is 16.0 Å². The van der Waals surface area contributed by atoms with Gasteiger partial charge in [-0.2, -0.15) is 5.21 Å². The Morgan fingerprint density at radius 1 is 1.82 bits per heavy atom. The molecule has 0 atom stereocenters. The Labute approximate surface area is 61.1 Å². The van der Waals surface area contributed by atoms with Gasteiger partial charge in [0, 0.05) is 7.05 Å². The van der Waals surface area contributed by atoms with Gasteiger partial charge >= 0.3 is 5.56 Å². The third-order valence-electron chi connectivity index (χ3n) is 1.13. The van der Waals surface area contributed by atoms with Crippen molar-refractivity contribution in [2.45, 2.75) is 0 Å². The molecule has 1 amide bonds. The first-order chi connectivity index (χ1) is 5.16. The molecule has 60 valence electrons. The number of nitrogens with zero attached hydrogens (tertiary/aromatic N) is 2. The van der Waals surface area contributed by atoms with Crippen molar-refractivity contribution in [3.63, 3.8) is 0 Å². The predicted molar refractivity (Wildman–Crippen MR) is 36.4 cm³/mol. The van der Waals surface area contributed by atoms with Crippen LogP contribution in [0.5, 0.6) is 0 Å². The Morgan fingerprint density at radius 2 is 2.45 bits per heavy atom. The third-order valence-corrected chi connectivity index (χ3v) is 1.13. The molecule has 1 rings (SSSR count). The van der Waals surface area contributed by atoms with E-state index in [1.165, 1.54) is 7.05 Å². The van der Waals surface area contributed by atoms with E-state index in [-0.39, 0.29) is 5.69 Å². The zero-order chi connectivity index (χ0) is 8.43. The number of hydrogen-bond donors (Lipinski definition) is 3. The molecule has 0 aromatic carbocycles. The van der Waals surface area contributed by atoms with Gasteiger partial charge in [0.1, 0.15) is 0 Å².